The first-order valence-corrected chi connectivity index (χ1v) is 9.24. The molecule has 0 bridgehead atoms. The summed E-state index contributed by atoms with van der Waals surface area (Å²) in [7, 11) is 0. The molecule has 1 aromatic carbocycles. The van der Waals surface area contributed by atoms with Gasteiger partial charge in [0.25, 0.3) is 0 Å². The molecule has 1 fully saturated rings. The van der Waals surface area contributed by atoms with Gasteiger partial charge in [-0.15, -0.1) is 0 Å². The topological polar surface area (TPSA) is 78.4 Å². The lowest BCUT2D eigenvalue weighted by atomic mass is 9.85. The van der Waals surface area contributed by atoms with E-state index in [2.05, 4.69) is 10.6 Å². The van der Waals surface area contributed by atoms with Crippen LogP contribution in [-0.4, -0.2) is 29.1 Å². The Morgan fingerprint density at radius 3 is 2.36 bits per heavy atom. The Morgan fingerprint density at radius 2 is 1.76 bits per heavy atom. The van der Waals surface area contributed by atoms with Gasteiger partial charge in [-0.3, -0.25) is 9.59 Å². The molecular formula is C20H30N2O3. The SMILES string of the molecule is CC(C)CC(=O)NC(C(=O)NCC1(O)CCCCC1)c1ccccc1. The van der Waals surface area contributed by atoms with Crippen molar-refractivity contribution in [1.82, 2.24) is 10.6 Å². The minimum Gasteiger partial charge on any atom is -0.388 e. The van der Waals surface area contributed by atoms with Crippen molar-refractivity contribution in [1.29, 1.82) is 0 Å². The summed E-state index contributed by atoms with van der Waals surface area (Å²) in [6.45, 7) is 4.17. The summed E-state index contributed by atoms with van der Waals surface area (Å²) in [4.78, 5) is 24.9. The molecule has 1 unspecified atom stereocenters. The molecule has 1 atom stereocenters. The third kappa shape index (κ3) is 6.16. The molecule has 138 valence electrons. The molecule has 0 aliphatic heterocycles. The molecule has 25 heavy (non-hydrogen) atoms. The number of aliphatic hydroxyl groups is 1. The van der Waals surface area contributed by atoms with Gasteiger partial charge in [-0.2, -0.15) is 0 Å². The first-order chi connectivity index (χ1) is 11.9. The second kappa shape index (κ2) is 8.99. The molecule has 1 aliphatic rings. The van der Waals surface area contributed by atoms with Gasteiger partial charge in [-0.1, -0.05) is 63.4 Å². The van der Waals surface area contributed by atoms with Gasteiger partial charge in [0.1, 0.15) is 6.04 Å². The number of hydrogen-bond donors (Lipinski definition) is 3. The Balaban J connectivity index is 2.03. The summed E-state index contributed by atoms with van der Waals surface area (Å²) >= 11 is 0. The number of carbonyl (C=O) groups is 2. The molecule has 1 aromatic rings. The van der Waals surface area contributed by atoms with E-state index in [1.807, 2.05) is 44.2 Å². The molecule has 2 rings (SSSR count). The van der Waals surface area contributed by atoms with Gasteiger partial charge in [0.05, 0.1) is 5.60 Å². The molecule has 0 saturated heterocycles. The van der Waals surface area contributed by atoms with Crippen molar-refractivity contribution in [3.63, 3.8) is 0 Å². The summed E-state index contributed by atoms with van der Waals surface area (Å²) < 4.78 is 0. The number of rotatable bonds is 7. The van der Waals surface area contributed by atoms with E-state index in [-0.39, 0.29) is 24.3 Å². The van der Waals surface area contributed by atoms with Crippen LogP contribution in [0.1, 0.15) is 64.0 Å². The van der Waals surface area contributed by atoms with Gasteiger partial charge in [0, 0.05) is 13.0 Å². The summed E-state index contributed by atoms with van der Waals surface area (Å²) in [6, 6.07) is 8.49. The summed E-state index contributed by atoms with van der Waals surface area (Å²) in [5.41, 5.74) is -0.0791. The molecule has 1 aliphatic carbocycles. The maximum absolute atomic E-state index is 12.7. The highest BCUT2D eigenvalue weighted by Gasteiger charge is 2.31. The monoisotopic (exact) mass is 346 g/mol. The Hall–Kier alpha value is -1.88. The van der Waals surface area contributed by atoms with Gasteiger partial charge in [-0.25, -0.2) is 0 Å². The number of benzene rings is 1. The highest BCUT2D eigenvalue weighted by Crippen LogP contribution is 2.27. The molecule has 0 radical (unpaired) electrons. The number of amides is 2. The minimum atomic E-state index is -0.822. The lowest BCUT2D eigenvalue weighted by Crippen LogP contribution is -2.48. The average Bonchev–Trinajstić information content (AvgIpc) is 2.58. The molecule has 5 nitrogen and oxygen atoms in total. The summed E-state index contributed by atoms with van der Waals surface area (Å²) in [5.74, 6) is -0.194. The van der Waals surface area contributed by atoms with Crippen molar-refractivity contribution in [2.24, 2.45) is 5.92 Å². The second-order valence-electron chi connectivity index (χ2n) is 7.51. The fourth-order valence-electron chi connectivity index (χ4n) is 3.28. The number of carbonyl (C=O) groups excluding carboxylic acids is 2. The van der Waals surface area contributed by atoms with Crippen LogP contribution in [-0.2, 0) is 9.59 Å². The van der Waals surface area contributed by atoms with E-state index in [0.717, 1.165) is 24.8 Å². The van der Waals surface area contributed by atoms with Crippen molar-refractivity contribution in [2.45, 2.75) is 64.0 Å². The van der Waals surface area contributed by atoms with E-state index in [0.29, 0.717) is 19.3 Å². The largest absolute Gasteiger partial charge is 0.388 e. The number of nitrogens with one attached hydrogen (secondary N) is 2. The Labute approximate surface area is 150 Å². The van der Waals surface area contributed by atoms with Crippen LogP contribution in [0.2, 0.25) is 0 Å². The Kier molecular flexibility index (Phi) is 7.00. The van der Waals surface area contributed by atoms with Gasteiger partial charge < -0.3 is 15.7 Å². The van der Waals surface area contributed by atoms with Crippen molar-refractivity contribution < 1.29 is 14.7 Å². The zero-order chi connectivity index (χ0) is 18.3. The van der Waals surface area contributed by atoms with E-state index in [4.69, 9.17) is 0 Å². The Bertz CT molecular complexity index is 566. The lowest BCUT2D eigenvalue weighted by Gasteiger charge is -2.32. The summed E-state index contributed by atoms with van der Waals surface area (Å²) in [5, 5.41) is 16.2. The molecule has 0 heterocycles. The van der Waals surface area contributed by atoms with E-state index < -0.39 is 11.6 Å². The van der Waals surface area contributed by atoms with Crippen LogP contribution in [0.25, 0.3) is 0 Å². The van der Waals surface area contributed by atoms with Crippen molar-refractivity contribution in [2.75, 3.05) is 6.54 Å². The molecule has 5 heteroatoms. The first kappa shape index (κ1) is 19.4. The van der Waals surface area contributed by atoms with Crippen LogP contribution in [0.15, 0.2) is 30.3 Å². The van der Waals surface area contributed by atoms with Gasteiger partial charge >= 0.3 is 0 Å². The standard InChI is InChI=1S/C20H30N2O3/c1-15(2)13-17(23)22-18(16-9-5-3-6-10-16)19(24)21-14-20(25)11-7-4-8-12-20/h3,5-6,9-10,15,18,25H,4,7-8,11-14H2,1-2H3,(H,21,24)(H,22,23). The average molecular weight is 346 g/mol. The third-order valence-electron chi connectivity index (χ3n) is 4.67. The molecular weight excluding hydrogens is 316 g/mol. The van der Waals surface area contributed by atoms with Crippen LogP contribution in [0, 0.1) is 5.92 Å². The molecule has 3 N–H and O–H groups in total. The van der Waals surface area contributed by atoms with Crippen LogP contribution in [0.3, 0.4) is 0 Å². The maximum atomic E-state index is 12.7. The van der Waals surface area contributed by atoms with Crippen LogP contribution in [0.5, 0.6) is 0 Å². The summed E-state index contributed by atoms with van der Waals surface area (Å²) in [6.07, 6.45) is 4.90. The quantitative estimate of drug-likeness (QED) is 0.710. The van der Waals surface area contributed by atoms with Crippen molar-refractivity contribution in [3.8, 4) is 0 Å². The molecule has 0 aromatic heterocycles. The second-order valence-corrected chi connectivity index (χ2v) is 7.51. The zero-order valence-corrected chi connectivity index (χ0v) is 15.3. The predicted molar refractivity (Wildman–Crippen MR) is 97.8 cm³/mol. The maximum Gasteiger partial charge on any atom is 0.247 e. The highest BCUT2D eigenvalue weighted by molar-refractivity contribution is 5.88. The van der Waals surface area contributed by atoms with Crippen LogP contribution < -0.4 is 10.6 Å². The van der Waals surface area contributed by atoms with Crippen molar-refractivity contribution in [3.05, 3.63) is 35.9 Å². The van der Waals surface area contributed by atoms with Gasteiger partial charge in [0.2, 0.25) is 11.8 Å². The third-order valence-corrected chi connectivity index (χ3v) is 4.67. The molecule has 1 saturated carbocycles. The highest BCUT2D eigenvalue weighted by atomic mass is 16.3. The predicted octanol–water partition coefficient (Wildman–Crippen LogP) is 2.70. The van der Waals surface area contributed by atoms with Gasteiger partial charge in [-0.05, 0) is 24.3 Å². The van der Waals surface area contributed by atoms with E-state index in [1.54, 1.807) is 0 Å². The fourth-order valence-corrected chi connectivity index (χ4v) is 3.28. The first-order valence-electron chi connectivity index (χ1n) is 9.24. The van der Waals surface area contributed by atoms with Crippen LogP contribution in [0.4, 0.5) is 0 Å². The van der Waals surface area contributed by atoms with Crippen molar-refractivity contribution >= 4 is 11.8 Å². The van der Waals surface area contributed by atoms with E-state index in [1.165, 1.54) is 0 Å². The normalized spacial score (nSPS) is 17.8. The zero-order valence-electron chi connectivity index (χ0n) is 15.3. The lowest BCUT2D eigenvalue weighted by molar-refractivity contribution is -0.130. The Morgan fingerprint density at radius 1 is 1.12 bits per heavy atom. The van der Waals surface area contributed by atoms with E-state index >= 15 is 0 Å². The molecule has 0 spiro atoms. The molecule has 2 amide bonds. The smallest absolute Gasteiger partial charge is 0.247 e. The van der Waals surface area contributed by atoms with Gasteiger partial charge in [0.15, 0.2) is 0 Å². The minimum absolute atomic E-state index is 0.143. The van der Waals surface area contributed by atoms with Crippen LogP contribution >= 0.6 is 0 Å². The van der Waals surface area contributed by atoms with E-state index in [9.17, 15) is 14.7 Å². The fraction of sp³-hybridized carbons (Fsp3) is 0.600. The number of hydrogen-bond acceptors (Lipinski definition) is 3.